The summed E-state index contributed by atoms with van der Waals surface area (Å²) in [6.07, 6.45) is 2.18. The maximum atomic E-state index is 10.6. The number of thioether (sulfide) groups is 1. The molecule has 1 aliphatic rings. The Morgan fingerprint density at radius 1 is 1.50 bits per heavy atom. The number of carboxylic acid groups (broad SMARTS) is 1. The van der Waals surface area contributed by atoms with Crippen molar-refractivity contribution in [3.8, 4) is 0 Å². The predicted molar refractivity (Wildman–Crippen MR) is 66.7 cm³/mol. The molecule has 0 amide bonds. The van der Waals surface area contributed by atoms with Crippen molar-refractivity contribution in [1.29, 1.82) is 0 Å². The summed E-state index contributed by atoms with van der Waals surface area (Å²) in [5, 5.41) is 26.9. The average Bonchev–Trinajstić information content (AvgIpc) is 2.66. The second-order valence-corrected chi connectivity index (χ2v) is 5.44. The van der Waals surface area contributed by atoms with Gasteiger partial charge in [-0.1, -0.05) is 18.7 Å². The van der Waals surface area contributed by atoms with Crippen LogP contribution in [0.3, 0.4) is 0 Å². The lowest BCUT2D eigenvalue weighted by Gasteiger charge is -2.30. The van der Waals surface area contributed by atoms with Crippen LogP contribution in [0, 0.1) is 0 Å². The number of aromatic nitrogens is 3. The van der Waals surface area contributed by atoms with E-state index in [4.69, 9.17) is 5.11 Å². The van der Waals surface area contributed by atoms with Crippen LogP contribution in [-0.2, 0) is 11.3 Å². The number of rotatable bonds is 6. The van der Waals surface area contributed by atoms with Gasteiger partial charge in [0.25, 0.3) is 0 Å². The highest BCUT2D eigenvalue weighted by atomic mass is 32.2. The van der Waals surface area contributed by atoms with Gasteiger partial charge in [0.1, 0.15) is 5.82 Å². The van der Waals surface area contributed by atoms with E-state index in [9.17, 15) is 9.90 Å². The molecule has 0 saturated heterocycles. The molecule has 1 saturated carbocycles. The lowest BCUT2D eigenvalue weighted by atomic mass is 9.82. The fourth-order valence-corrected chi connectivity index (χ4v) is 2.76. The molecule has 0 bridgehead atoms. The van der Waals surface area contributed by atoms with Gasteiger partial charge in [-0.15, -0.1) is 10.2 Å². The minimum atomic E-state index is -0.855. The summed E-state index contributed by atoms with van der Waals surface area (Å²) in [6, 6.07) is 0. The number of carbonyl (C=O) groups is 1. The van der Waals surface area contributed by atoms with E-state index in [2.05, 4.69) is 17.1 Å². The average molecular weight is 271 g/mol. The van der Waals surface area contributed by atoms with E-state index in [1.165, 1.54) is 11.8 Å². The Balaban J connectivity index is 2.12. The van der Waals surface area contributed by atoms with Crippen LogP contribution < -0.4 is 0 Å². The Bertz CT molecular complexity index is 429. The highest BCUT2D eigenvalue weighted by Gasteiger charge is 2.33. The summed E-state index contributed by atoms with van der Waals surface area (Å²) in [5.74, 6) is 0.287. The largest absolute Gasteiger partial charge is 0.481 e. The normalized spacial score (nSPS) is 22.8. The van der Waals surface area contributed by atoms with Gasteiger partial charge >= 0.3 is 5.97 Å². The van der Waals surface area contributed by atoms with E-state index >= 15 is 0 Å². The molecule has 1 aromatic rings. The first-order chi connectivity index (χ1) is 8.61. The van der Waals surface area contributed by atoms with Crippen molar-refractivity contribution in [3.05, 3.63) is 5.82 Å². The Morgan fingerprint density at radius 2 is 2.22 bits per heavy atom. The van der Waals surface area contributed by atoms with Gasteiger partial charge in [0, 0.05) is 12.5 Å². The van der Waals surface area contributed by atoms with Gasteiger partial charge in [-0.05, 0) is 19.3 Å². The number of aliphatic carboxylic acids is 1. The first kappa shape index (κ1) is 13.4. The standard InChI is InChI=1S/C11H17N3O3S/c1-2-3-14-10(7-4-8(15)5-7)12-13-11(14)18-6-9(16)17/h7-8,15H,2-6H2,1H3,(H,16,17). The van der Waals surface area contributed by atoms with E-state index in [0.717, 1.165) is 31.6 Å². The molecular weight excluding hydrogens is 254 g/mol. The molecule has 1 aliphatic carbocycles. The zero-order chi connectivity index (χ0) is 13.1. The van der Waals surface area contributed by atoms with Crippen LogP contribution in [0.4, 0.5) is 0 Å². The van der Waals surface area contributed by atoms with Gasteiger partial charge < -0.3 is 14.8 Å². The molecule has 0 atom stereocenters. The molecule has 0 unspecified atom stereocenters. The third-order valence-corrected chi connectivity index (χ3v) is 3.95. The van der Waals surface area contributed by atoms with Crippen LogP contribution in [-0.4, -0.2) is 42.8 Å². The second-order valence-electron chi connectivity index (χ2n) is 4.50. The summed E-state index contributed by atoms with van der Waals surface area (Å²) in [6.45, 7) is 2.85. The van der Waals surface area contributed by atoms with Crippen molar-refractivity contribution in [2.24, 2.45) is 0 Å². The van der Waals surface area contributed by atoms with E-state index in [1.807, 2.05) is 4.57 Å². The van der Waals surface area contributed by atoms with Crippen LogP contribution in [0.25, 0.3) is 0 Å². The molecule has 2 rings (SSSR count). The molecule has 18 heavy (non-hydrogen) atoms. The Morgan fingerprint density at radius 3 is 2.78 bits per heavy atom. The van der Waals surface area contributed by atoms with Gasteiger partial charge in [0.05, 0.1) is 11.9 Å². The van der Waals surface area contributed by atoms with Crippen LogP contribution in [0.15, 0.2) is 5.16 Å². The van der Waals surface area contributed by atoms with E-state index < -0.39 is 5.97 Å². The van der Waals surface area contributed by atoms with Gasteiger partial charge in [0.15, 0.2) is 5.16 Å². The molecule has 1 fully saturated rings. The maximum Gasteiger partial charge on any atom is 0.313 e. The van der Waals surface area contributed by atoms with Gasteiger partial charge in [-0.25, -0.2) is 0 Å². The third kappa shape index (κ3) is 2.84. The van der Waals surface area contributed by atoms with Crippen molar-refractivity contribution < 1.29 is 15.0 Å². The number of aliphatic hydroxyl groups excluding tert-OH is 1. The molecule has 6 nitrogen and oxygen atoms in total. The second kappa shape index (κ2) is 5.71. The summed E-state index contributed by atoms with van der Waals surface area (Å²) in [7, 11) is 0. The number of carboxylic acids is 1. The lowest BCUT2D eigenvalue weighted by molar-refractivity contribution is -0.133. The number of hydrogen-bond acceptors (Lipinski definition) is 5. The Kier molecular flexibility index (Phi) is 4.23. The molecule has 1 heterocycles. The quantitative estimate of drug-likeness (QED) is 0.753. The summed E-state index contributed by atoms with van der Waals surface area (Å²) < 4.78 is 1.99. The highest BCUT2D eigenvalue weighted by Crippen LogP contribution is 2.37. The number of hydrogen-bond donors (Lipinski definition) is 2. The summed E-state index contributed by atoms with van der Waals surface area (Å²) in [4.78, 5) is 10.6. The van der Waals surface area contributed by atoms with Gasteiger partial charge in [0.2, 0.25) is 0 Å². The van der Waals surface area contributed by atoms with Crippen molar-refractivity contribution in [1.82, 2.24) is 14.8 Å². The first-order valence-corrected chi connectivity index (χ1v) is 7.06. The van der Waals surface area contributed by atoms with E-state index in [1.54, 1.807) is 0 Å². The SMILES string of the molecule is CCCn1c(SCC(=O)O)nnc1C1CC(O)C1. The van der Waals surface area contributed by atoms with Crippen molar-refractivity contribution >= 4 is 17.7 Å². The molecule has 0 spiro atoms. The molecule has 1 aromatic heterocycles. The first-order valence-electron chi connectivity index (χ1n) is 6.07. The van der Waals surface area contributed by atoms with Crippen LogP contribution in [0.1, 0.15) is 37.9 Å². The predicted octanol–water partition coefficient (Wildman–Crippen LogP) is 1.10. The fraction of sp³-hybridized carbons (Fsp3) is 0.727. The molecule has 0 aliphatic heterocycles. The Hall–Kier alpha value is -1.08. The monoisotopic (exact) mass is 271 g/mol. The molecule has 100 valence electrons. The molecule has 7 heteroatoms. The zero-order valence-electron chi connectivity index (χ0n) is 10.2. The summed E-state index contributed by atoms with van der Waals surface area (Å²) >= 11 is 1.20. The molecular formula is C11H17N3O3S. The zero-order valence-corrected chi connectivity index (χ0v) is 11.1. The minimum absolute atomic E-state index is 0.00482. The summed E-state index contributed by atoms with van der Waals surface area (Å²) in [5.41, 5.74) is 0. The minimum Gasteiger partial charge on any atom is -0.481 e. The van der Waals surface area contributed by atoms with E-state index in [0.29, 0.717) is 5.16 Å². The lowest BCUT2D eigenvalue weighted by Crippen LogP contribution is -2.29. The molecule has 0 radical (unpaired) electrons. The fourth-order valence-electron chi connectivity index (χ4n) is 2.07. The highest BCUT2D eigenvalue weighted by molar-refractivity contribution is 7.99. The van der Waals surface area contributed by atoms with Gasteiger partial charge in [-0.2, -0.15) is 0 Å². The third-order valence-electron chi connectivity index (χ3n) is 3.00. The molecule has 0 aromatic carbocycles. The van der Waals surface area contributed by atoms with Crippen LogP contribution in [0.2, 0.25) is 0 Å². The maximum absolute atomic E-state index is 10.6. The van der Waals surface area contributed by atoms with Crippen LogP contribution in [0.5, 0.6) is 0 Å². The van der Waals surface area contributed by atoms with Crippen molar-refractivity contribution in [2.45, 2.75) is 49.9 Å². The van der Waals surface area contributed by atoms with E-state index in [-0.39, 0.29) is 17.8 Å². The van der Waals surface area contributed by atoms with Gasteiger partial charge in [-0.3, -0.25) is 4.79 Å². The van der Waals surface area contributed by atoms with Crippen molar-refractivity contribution in [3.63, 3.8) is 0 Å². The van der Waals surface area contributed by atoms with Crippen molar-refractivity contribution in [2.75, 3.05) is 5.75 Å². The Labute approximate surface area is 109 Å². The number of aliphatic hydroxyl groups is 1. The van der Waals surface area contributed by atoms with Crippen LogP contribution >= 0.6 is 11.8 Å². The smallest absolute Gasteiger partial charge is 0.313 e. The molecule has 2 N–H and O–H groups in total. The number of nitrogens with zero attached hydrogens (tertiary/aromatic N) is 3. The topological polar surface area (TPSA) is 88.2 Å².